The van der Waals surface area contributed by atoms with Gasteiger partial charge in [0.05, 0.1) is 19.1 Å². The molecule has 0 saturated heterocycles. The predicted octanol–water partition coefficient (Wildman–Crippen LogP) is 2.01. The first-order chi connectivity index (χ1) is 7.93. The van der Waals surface area contributed by atoms with Crippen molar-refractivity contribution in [1.82, 2.24) is 0 Å². The number of rotatable bonds is 3. The first-order valence-corrected chi connectivity index (χ1v) is 4.84. The van der Waals surface area contributed by atoms with Gasteiger partial charge in [0.2, 0.25) is 0 Å². The molecule has 1 aromatic rings. The molecular formula is C11H13NO5. The molecule has 0 N–H and O–H groups in total. The Morgan fingerprint density at radius 2 is 1.94 bits per heavy atom. The molecular weight excluding hydrogens is 226 g/mol. The lowest BCUT2D eigenvalue weighted by atomic mass is 10.0. The molecule has 0 heterocycles. The number of nitro benzene ring substituents is 1. The number of carbonyl (C=O) groups is 1. The fourth-order valence-electron chi connectivity index (χ4n) is 1.73. The number of carbonyl (C=O) groups excluding carboxylic acids is 1. The van der Waals surface area contributed by atoms with Crippen LogP contribution in [-0.4, -0.2) is 25.1 Å². The number of benzene rings is 1. The summed E-state index contributed by atoms with van der Waals surface area (Å²) in [6.45, 7) is 3.09. The van der Waals surface area contributed by atoms with Crippen molar-refractivity contribution in [2.75, 3.05) is 14.2 Å². The highest BCUT2D eigenvalue weighted by Gasteiger charge is 2.26. The van der Waals surface area contributed by atoms with E-state index in [9.17, 15) is 14.9 Å². The minimum atomic E-state index is -0.651. The monoisotopic (exact) mass is 239 g/mol. The van der Waals surface area contributed by atoms with Gasteiger partial charge in [-0.05, 0) is 19.9 Å². The van der Waals surface area contributed by atoms with E-state index < -0.39 is 10.9 Å². The lowest BCUT2D eigenvalue weighted by Crippen LogP contribution is -2.09. The average molecular weight is 239 g/mol. The highest BCUT2D eigenvalue weighted by atomic mass is 16.6. The van der Waals surface area contributed by atoms with Crippen LogP contribution in [-0.2, 0) is 4.74 Å². The highest BCUT2D eigenvalue weighted by Crippen LogP contribution is 2.33. The van der Waals surface area contributed by atoms with Gasteiger partial charge in [0, 0.05) is 11.1 Å². The second-order valence-electron chi connectivity index (χ2n) is 3.49. The van der Waals surface area contributed by atoms with E-state index in [4.69, 9.17) is 4.74 Å². The summed E-state index contributed by atoms with van der Waals surface area (Å²) < 4.78 is 9.63. The molecule has 6 heteroatoms. The van der Waals surface area contributed by atoms with Crippen LogP contribution in [0.25, 0.3) is 0 Å². The molecule has 0 aromatic heterocycles. The maximum absolute atomic E-state index is 11.6. The Bertz CT molecular complexity index is 481. The van der Waals surface area contributed by atoms with Gasteiger partial charge in [-0.3, -0.25) is 10.1 Å². The molecule has 0 aliphatic heterocycles. The van der Waals surface area contributed by atoms with Crippen molar-refractivity contribution in [3.63, 3.8) is 0 Å². The van der Waals surface area contributed by atoms with Crippen LogP contribution >= 0.6 is 0 Å². The van der Waals surface area contributed by atoms with Gasteiger partial charge in [0.15, 0.2) is 0 Å². The third-order valence-electron chi connectivity index (χ3n) is 2.49. The van der Waals surface area contributed by atoms with Gasteiger partial charge in [-0.2, -0.15) is 0 Å². The van der Waals surface area contributed by atoms with E-state index in [0.29, 0.717) is 5.56 Å². The summed E-state index contributed by atoms with van der Waals surface area (Å²) in [5.41, 5.74) is 0.689. The van der Waals surface area contributed by atoms with E-state index in [0.717, 1.165) is 0 Å². The number of methoxy groups -OCH3 is 2. The molecule has 1 rings (SSSR count). The molecule has 0 amide bonds. The third-order valence-corrected chi connectivity index (χ3v) is 2.49. The summed E-state index contributed by atoms with van der Waals surface area (Å²) in [5, 5.41) is 10.9. The van der Waals surface area contributed by atoms with Gasteiger partial charge in [0.25, 0.3) is 5.69 Å². The largest absolute Gasteiger partial charge is 0.496 e. The Kier molecular flexibility index (Phi) is 3.67. The van der Waals surface area contributed by atoms with Crippen molar-refractivity contribution >= 4 is 11.7 Å². The Morgan fingerprint density at radius 3 is 2.35 bits per heavy atom. The minimum Gasteiger partial charge on any atom is -0.496 e. The summed E-state index contributed by atoms with van der Waals surface area (Å²) in [4.78, 5) is 22.0. The maximum Gasteiger partial charge on any atom is 0.342 e. The van der Waals surface area contributed by atoms with Crippen molar-refractivity contribution < 1.29 is 19.2 Å². The van der Waals surface area contributed by atoms with Crippen LogP contribution in [0.5, 0.6) is 5.75 Å². The summed E-state index contributed by atoms with van der Waals surface area (Å²) in [7, 11) is 2.61. The average Bonchev–Trinajstić information content (AvgIpc) is 2.26. The Labute approximate surface area is 98.3 Å². The van der Waals surface area contributed by atoms with Crippen molar-refractivity contribution in [1.29, 1.82) is 0 Å². The van der Waals surface area contributed by atoms with Gasteiger partial charge in [-0.25, -0.2) is 4.79 Å². The smallest absolute Gasteiger partial charge is 0.342 e. The second kappa shape index (κ2) is 4.82. The molecule has 0 bridgehead atoms. The van der Waals surface area contributed by atoms with Crippen LogP contribution in [0.2, 0.25) is 0 Å². The highest BCUT2D eigenvalue weighted by molar-refractivity contribution is 5.95. The zero-order valence-corrected chi connectivity index (χ0v) is 10.1. The summed E-state index contributed by atoms with van der Waals surface area (Å²) in [5.74, 6) is -0.375. The van der Waals surface area contributed by atoms with Crippen molar-refractivity contribution in [3.05, 3.63) is 32.9 Å². The molecule has 0 fully saturated rings. The van der Waals surface area contributed by atoms with Crippen molar-refractivity contribution in [2.24, 2.45) is 0 Å². The number of hydrogen-bond acceptors (Lipinski definition) is 5. The quantitative estimate of drug-likeness (QED) is 0.458. The van der Waals surface area contributed by atoms with Crippen molar-refractivity contribution in [2.45, 2.75) is 13.8 Å². The molecule has 0 aliphatic carbocycles. The summed E-state index contributed by atoms with van der Waals surface area (Å²) in [6.07, 6.45) is 0. The second-order valence-corrected chi connectivity index (χ2v) is 3.49. The molecule has 92 valence electrons. The third kappa shape index (κ3) is 2.20. The van der Waals surface area contributed by atoms with Crippen LogP contribution in [0.1, 0.15) is 21.5 Å². The van der Waals surface area contributed by atoms with E-state index in [1.54, 1.807) is 6.92 Å². The lowest BCUT2D eigenvalue weighted by molar-refractivity contribution is -0.386. The molecule has 1 aromatic carbocycles. The Balaban J connectivity index is 3.61. The molecule has 0 radical (unpaired) electrons. The van der Waals surface area contributed by atoms with E-state index >= 15 is 0 Å². The molecule has 0 unspecified atom stereocenters. The van der Waals surface area contributed by atoms with Crippen molar-refractivity contribution in [3.8, 4) is 5.75 Å². The number of nitro groups is 1. The number of esters is 1. The minimum absolute atomic E-state index is 0.0901. The van der Waals surface area contributed by atoms with Gasteiger partial charge >= 0.3 is 5.97 Å². The number of nitrogens with zero attached hydrogens (tertiary/aromatic N) is 1. The number of aryl methyl sites for hydroxylation is 1. The topological polar surface area (TPSA) is 78.7 Å². The maximum atomic E-state index is 11.6. The van der Waals surface area contributed by atoms with E-state index in [2.05, 4.69) is 4.74 Å². The van der Waals surface area contributed by atoms with Crippen LogP contribution < -0.4 is 4.74 Å². The van der Waals surface area contributed by atoms with Crippen LogP contribution in [0.15, 0.2) is 6.07 Å². The Morgan fingerprint density at radius 1 is 1.35 bits per heavy atom. The molecule has 17 heavy (non-hydrogen) atoms. The molecule has 0 spiro atoms. The lowest BCUT2D eigenvalue weighted by Gasteiger charge is -2.11. The first-order valence-electron chi connectivity index (χ1n) is 4.84. The van der Waals surface area contributed by atoms with Crippen LogP contribution in [0.3, 0.4) is 0 Å². The number of ether oxygens (including phenoxy) is 2. The standard InChI is InChI=1S/C11H13NO5/c1-6-5-8(16-3)9(11(13)17-4)7(2)10(6)12(14)15/h5H,1-4H3. The Hall–Kier alpha value is -2.11. The van der Waals surface area contributed by atoms with Gasteiger partial charge in [-0.15, -0.1) is 0 Å². The first kappa shape index (κ1) is 13.0. The summed E-state index contributed by atoms with van der Waals surface area (Å²) >= 11 is 0. The van der Waals surface area contributed by atoms with Crippen LogP contribution in [0, 0.1) is 24.0 Å². The molecule has 0 aliphatic rings. The fourth-order valence-corrected chi connectivity index (χ4v) is 1.73. The van der Waals surface area contributed by atoms with Crippen LogP contribution in [0.4, 0.5) is 5.69 Å². The van der Waals surface area contributed by atoms with E-state index in [-0.39, 0.29) is 22.6 Å². The molecule has 0 atom stereocenters. The SMILES string of the molecule is COC(=O)c1c(OC)cc(C)c([N+](=O)[O-])c1C. The van der Waals surface area contributed by atoms with Gasteiger partial charge < -0.3 is 9.47 Å². The van der Waals surface area contributed by atoms with Gasteiger partial charge in [-0.1, -0.05) is 0 Å². The summed E-state index contributed by atoms with van der Waals surface area (Å²) in [6, 6.07) is 1.46. The molecule has 6 nitrogen and oxygen atoms in total. The normalized spacial score (nSPS) is 9.88. The number of hydrogen-bond donors (Lipinski definition) is 0. The van der Waals surface area contributed by atoms with E-state index in [1.165, 1.54) is 27.2 Å². The predicted molar refractivity (Wildman–Crippen MR) is 60.5 cm³/mol. The molecule has 0 saturated carbocycles. The zero-order chi connectivity index (χ0) is 13.2. The van der Waals surface area contributed by atoms with E-state index in [1.807, 2.05) is 0 Å². The fraction of sp³-hybridized carbons (Fsp3) is 0.364. The van der Waals surface area contributed by atoms with Gasteiger partial charge in [0.1, 0.15) is 11.3 Å². The zero-order valence-electron chi connectivity index (χ0n) is 10.1.